The highest BCUT2D eigenvalue weighted by Gasteiger charge is 2.30. The van der Waals surface area contributed by atoms with E-state index < -0.39 is 54.5 Å². The maximum absolute atomic E-state index is 13.0. The summed E-state index contributed by atoms with van der Waals surface area (Å²) in [5.41, 5.74) is 11.9. The van der Waals surface area contributed by atoms with Crippen LogP contribution in [0.15, 0.2) is 24.3 Å². The molecule has 36 heavy (non-hydrogen) atoms. The van der Waals surface area contributed by atoms with Crippen LogP contribution < -0.4 is 27.4 Å². The molecule has 1 aromatic carbocycles. The zero-order chi connectivity index (χ0) is 27.3. The number of rotatable bonds is 16. The number of benzene rings is 1. The molecule has 0 aliphatic heterocycles. The number of carbonyl (C=O) groups excluding carboxylic acids is 3. The number of nitrogens with two attached hydrogens (primary N) is 2. The van der Waals surface area contributed by atoms with Gasteiger partial charge in [-0.25, -0.2) is 4.79 Å². The monoisotopic (exact) mass is 509 g/mol. The number of aliphatic hydroxyl groups is 1. The lowest BCUT2D eigenvalue weighted by atomic mass is 10.0. The van der Waals surface area contributed by atoms with Crippen LogP contribution in [0, 0.1) is 5.92 Å². The molecule has 4 unspecified atom stereocenters. The fourth-order valence-corrected chi connectivity index (χ4v) is 3.46. The maximum atomic E-state index is 13.0. The first kappa shape index (κ1) is 30.8. The molecule has 1 rings (SSSR count). The van der Waals surface area contributed by atoms with Gasteiger partial charge in [-0.05, 0) is 55.8 Å². The Hall–Kier alpha value is -3.22. The van der Waals surface area contributed by atoms with E-state index >= 15 is 0 Å². The number of carboxylic acid groups (broad SMARTS) is 1. The molecule has 3 amide bonds. The van der Waals surface area contributed by atoms with Crippen LogP contribution in [-0.2, 0) is 25.6 Å². The van der Waals surface area contributed by atoms with Crippen molar-refractivity contribution in [3.8, 4) is 5.75 Å². The van der Waals surface area contributed by atoms with Crippen LogP contribution in [0.4, 0.5) is 0 Å². The Bertz CT molecular complexity index is 863. The quantitative estimate of drug-likeness (QED) is 0.128. The van der Waals surface area contributed by atoms with Crippen molar-refractivity contribution < 1.29 is 34.5 Å². The molecule has 0 aromatic heterocycles. The third-order valence-corrected chi connectivity index (χ3v) is 5.45. The number of unbranched alkanes of at least 4 members (excludes halogenated alkanes) is 1. The van der Waals surface area contributed by atoms with Gasteiger partial charge in [-0.15, -0.1) is 0 Å². The molecule has 0 radical (unpaired) electrons. The summed E-state index contributed by atoms with van der Waals surface area (Å²) >= 11 is 0. The third-order valence-electron chi connectivity index (χ3n) is 5.45. The van der Waals surface area contributed by atoms with Crippen LogP contribution in [0.2, 0.25) is 0 Å². The highest BCUT2D eigenvalue weighted by molar-refractivity contribution is 5.94. The van der Waals surface area contributed by atoms with E-state index in [2.05, 4.69) is 16.0 Å². The molecule has 0 heterocycles. The van der Waals surface area contributed by atoms with Gasteiger partial charge in [-0.3, -0.25) is 14.4 Å². The first-order valence-electron chi connectivity index (χ1n) is 12.0. The lowest BCUT2D eigenvalue weighted by molar-refractivity contribution is -0.142. The fourth-order valence-electron chi connectivity index (χ4n) is 3.46. The van der Waals surface area contributed by atoms with Gasteiger partial charge in [0, 0.05) is 6.42 Å². The van der Waals surface area contributed by atoms with Crippen LogP contribution in [-0.4, -0.2) is 76.3 Å². The molecular formula is C24H39N5O7. The highest BCUT2D eigenvalue weighted by Crippen LogP contribution is 2.12. The standard InChI is InChI=1S/C24H39N5O7/c1-14(2)11-17(26)21(32)29-20(13-30)23(34)28-19(12-15-6-8-16(31)9-7-15)22(33)27-18(24(35)36)5-3-4-10-25/h6-9,14,17-20,30-31H,3-5,10-13,25-26H2,1-2H3,(H,27,33)(H,28,34)(H,29,32)(H,35,36). The molecule has 0 bridgehead atoms. The lowest BCUT2D eigenvalue weighted by Gasteiger charge is -2.25. The van der Waals surface area contributed by atoms with Crippen molar-refractivity contribution in [1.82, 2.24) is 16.0 Å². The molecule has 12 nitrogen and oxygen atoms in total. The number of phenols is 1. The summed E-state index contributed by atoms with van der Waals surface area (Å²) in [5, 5.41) is 36.0. The van der Waals surface area contributed by atoms with Gasteiger partial charge in [0.05, 0.1) is 12.6 Å². The summed E-state index contributed by atoms with van der Waals surface area (Å²) in [6.07, 6.45) is 1.56. The van der Waals surface area contributed by atoms with Crippen molar-refractivity contribution in [3.63, 3.8) is 0 Å². The van der Waals surface area contributed by atoms with E-state index in [1.54, 1.807) is 12.1 Å². The zero-order valence-corrected chi connectivity index (χ0v) is 20.8. The van der Waals surface area contributed by atoms with Gasteiger partial charge in [0.15, 0.2) is 0 Å². The van der Waals surface area contributed by atoms with Gasteiger partial charge in [0.1, 0.15) is 23.9 Å². The van der Waals surface area contributed by atoms with Crippen LogP contribution in [0.5, 0.6) is 5.75 Å². The van der Waals surface area contributed by atoms with Crippen LogP contribution >= 0.6 is 0 Å². The summed E-state index contributed by atoms with van der Waals surface area (Å²) < 4.78 is 0. The minimum atomic E-state index is -1.37. The predicted octanol–water partition coefficient (Wildman–Crippen LogP) is -1.03. The second kappa shape index (κ2) is 15.7. The molecule has 202 valence electrons. The number of aliphatic hydroxyl groups excluding tert-OH is 1. The molecule has 4 atom stereocenters. The summed E-state index contributed by atoms with van der Waals surface area (Å²) in [7, 11) is 0. The number of hydrogen-bond donors (Lipinski definition) is 8. The smallest absolute Gasteiger partial charge is 0.326 e. The Labute approximate surface area is 210 Å². The van der Waals surface area contributed by atoms with Crippen molar-refractivity contribution in [2.24, 2.45) is 17.4 Å². The Balaban J connectivity index is 3.02. The first-order valence-corrected chi connectivity index (χ1v) is 12.0. The van der Waals surface area contributed by atoms with Gasteiger partial charge < -0.3 is 42.7 Å². The van der Waals surface area contributed by atoms with E-state index in [1.165, 1.54) is 12.1 Å². The number of carboxylic acids is 1. The van der Waals surface area contributed by atoms with E-state index in [0.717, 1.165) is 0 Å². The summed E-state index contributed by atoms with van der Waals surface area (Å²) in [6, 6.07) is 1.25. The van der Waals surface area contributed by atoms with Crippen molar-refractivity contribution in [3.05, 3.63) is 29.8 Å². The minimum absolute atomic E-state index is 0.00965. The van der Waals surface area contributed by atoms with Gasteiger partial charge in [-0.2, -0.15) is 0 Å². The minimum Gasteiger partial charge on any atom is -0.508 e. The van der Waals surface area contributed by atoms with E-state index in [1.807, 2.05) is 13.8 Å². The second-order valence-electron chi connectivity index (χ2n) is 9.10. The molecule has 0 fully saturated rings. The van der Waals surface area contributed by atoms with Crippen LogP contribution in [0.3, 0.4) is 0 Å². The maximum Gasteiger partial charge on any atom is 0.326 e. The third kappa shape index (κ3) is 11.0. The molecule has 10 N–H and O–H groups in total. The van der Waals surface area contributed by atoms with Crippen LogP contribution in [0.1, 0.15) is 45.1 Å². The molecule has 0 aliphatic rings. The predicted molar refractivity (Wildman–Crippen MR) is 133 cm³/mol. The zero-order valence-electron chi connectivity index (χ0n) is 20.8. The van der Waals surface area contributed by atoms with Crippen molar-refractivity contribution in [2.45, 2.75) is 70.1 Å². The normalized spacial score (nSPS) is 14.4. The van der Waals surface area contributed by atoms with Crippen molar-refractivity contribution in [1.29, 1.82) is 0 Å². The number of amides is 3. The number of nitrogens with one attached hydrogen (secondary N) is 3. The molecule has 0 aliphatic carbocycles. The Morgan fingerprint density at radius 1 is 0.889 bits per heavy atom. The number of carbonyl (C=O) groups is 4. The van der Waals surface area contributed by atoms with E-state index in [4.69, 9.17) is 11.5 Å². The molecule has 12 heteroatoms. The first-order chi connectivity index (χ1) is 17.0. The Kier molecular flexibility index (Phi) is 13.4. The van der Waals surface area contributed by atoms with E-state index in [9.17, 15) is 34.5 Å². The topological polar surface area (TPSA) is 217 Å². The van der Waals surface area contributed by atoms with Gasteiger partial charge >= 0.3 is 5.97 Å². The lowest BCUT2D eigenvalue weighted by Crippen LogP contribution is -2.58. The molecule has 0 spiro atoms. The number of phenolic OH excluding ortho intramolecular Hbond substituents is 1. The van der Waals surface area contributed by atoms with Crippen molar-refractivity contribution >= 4 is 23.7 Å². The van der Waals surface area contributed by atoms with Gasteiger partial charge in [0.25, 0.3) is 0 Å². The number of aliphatic carboxylic acids is 1. The van der Waals surface area contributed by atoms with Crippen LogP contribution in [0.25, 0.3) is 0 Å². The SMILES string of the molecule is CC(C)CC(N)C(=O)NC(CO)C(=O)NC(Cc1ccc(O)cc1)C(=O)NC(CCCCN)C(=O)O. The molecule has 1 aromatic rings. The summed E-state index contributed by atoms with van der Waals surface area (Å²) in [5.74, 6) is -3.29. The largest absolute Gasteiger partial charge is 0.508 e. The summed E-state index contributed by atoms with van der Waals surface area (Å²) in [6.45, 7) is 3.41. The average Bonchev–Trinajstić information content (AvgIpc) is 2.81. The van der Waals surface area contributed by atoms with Gasteiger partial charge in [0.2, 0.25) is 17.7 Å². The number of aromatic hydroxyl groups is 1. The highest BCUT2D eigenvalue weighted by atomic mass is 16.4. The fraction of sp³-hybridized carbons (Fsp3) is 0.583. The van der Waals surface area contributed by atoms with Gasteiger partial charge in [-0.1, -0.05) is 26.0 Å². The second-order valence-corrected chi connectivity index (χ2v) is 9.10. The molecule has 0 saturated carbocycles. The Morgan fingerprint density at radius 3 is 1.97 bits per heavy atom. The number of hydrogen-bond acceptors (Lipinski definition) is 8. The summed E-state index contributed by atoms with van der Waals surface area (Å²) in [4.78, 5) is 49.9. The Morgan fingerprint density at radius 2 is 1.44 bits per heavy atom. The average molecular weight is 510 g/mol. The molecular weight excluding hydrogens is 470 g/mol. The molecule has 0 saturated heterocycles. The van der Waals surface area contributed by atoms with E-state index in [0.29, 0.717) is 31.4 Å². The van der Waals surface area contributed by atoms with Crippen molar-refractivity contribution in [2.75, 3.05) is 13.2 Å². The van der Waals surface area contributed by atoms with E-state index in [-0.39, 0.29) is 24.5 Å².